The van der Waals surface area contributed by atoms with Crippen LogP contribution in [-0.4, -0.2) is 39.1 Å². The van der Waals surface area contributed by atoms with Gasteiger partial charge in [-0.3, -0.25) is 0 Å². The lowest BCUT2D eigenvalue weighted by Crippen LogP contribution is -2.55. The molecule has 0 unspecified atom stereocenters. The minimum Gasteiger partial charge on any atom is -0.497 e. The van der Waals surface area contributed by atoms with E-state index in [0.29, 0.717) is 13.2 Å². The molecule has 4 nitrogen and oxygen atoms in total. The number of hydrogen-bond donors (Lipinski definition) is 1. The van der Waals surface area contributed by atoms with Gasteiger partial charge in [-0.05, 0) is 18.9 Å². The van der Waals surface area contributed by atoms with Crippen LogP contribution in [0.1, 0.15) is 18.4 Å². The first-order chi connectivity index (χ1) is 9.21. The Kier molecular flexibility index (Phi) is 2.95. The molecule has 0 bridgehead atoms. The molecule has 104 valence electrons. The third kappa shape index (κ3) is 1.66. The summed E-state index contributed by atoms with van der Waals surface area (Å²) < 4.78 is 16.2. The molecule has 3 rings (SSSR count). The zero-order chi connectivity index (χ0) is 13.5. The van der Waals surface area contributed by atoms with E-state index in [4.69, 9.17) is 14.2 Å². The van der Waals surface area contributed by atoms with Crippen molar-refractivity contribution in [1.29, 1.82) is 0 Å². The number of hydrogen-bond acceptors (Lipinski definition) is 4. The standard InChI is InChI=1S/C15H20O4/c1-17-11-3-4-12(13(7-11)18-2)15(9-19-10-15)14(8-16)5-6-14/h3-4,7,16H,5-6,8-10H2,1-2H3. The third-order valence-electron chi connectivity index (χ3n) is 4.79. The lowest BCUT2D eigenvalue weighted by Gasteiger charge is -2.48. The van der Waals surface area contributed by atoms with Crippen molar-refractivity contribution in [3.63, 3.8) is 0 Å². The molecule has 1 aromatic rings. The van der Waals surface area contributed by atoms with Gasteiger partial charge in [0.2, 0.25) is 0 Å². The van der Waals surface area contributed by atoms with Crippen LogP contribution >= 0.6 is 0 Å². The molecule has 0 amide bonds. The van der Waals surface area contributed by atoms with Crippen molar-refractivity contribution < 1.29 is 19.3 Å². The Morgan fingerprint density at radius 1 is 1.21 bits per heavy atom. The zero-order valence-electron chi connectivity index (χ0n) is 11.4. The van der Waals surface area contributed by atoms with E-state index in [-0.39, 0.29) is 17.4 Å². The Bertz CT molecular complexity index is 475. The quantitative estimate of drug-likeness (QED) is 0.880. The summed E-state index contributed by atoms with van der Waals surface area (Å²) in [6.45, 7) is 1.54. The van der Waals surface area contributed by atoms with Gasteiger partial charge in [0, 0.05) is 23.7 Å². The van der Waals surface area contributed by atoms with Crippen LogP contribution in [0.2, 0.25) is 0 Å². The molecular formula is C15H20O4. The SMILES string of the molecule is COc1ccc(C2(C3(CO)CC3)COC2)c(OC)c1. The van der Waals surface area contributed by atoms with Crippen LogP contribution in [0, 0.1) is 5.41 Å². The van der Waals surface area contributed by atoms with Crippen molar-refractivity contribution in [3.05, 3.63) is 23.8 Å². The predicted molar refractivity (Wildman–Crippen MR) is 70.8 cm³/mol. The average molecular weight is 264 g/mol. The molecule has 0 spiro atoms. The van der Waals surface area contributed by atoms with E-state index >= 15 is 0 Å². The Hall–Kier alpha value is -1.26. The molecule has 0 atom stereocenters. The second-order valence-corrected chi connectivity index (χ2v) is 5.58. The summed E-state index contributed by atoms with van der Waals surface area (Å²) in [7, 11) is 3.32. The first-order valence-electron chi connectivity index (χ1n) is 6.62. The molecule has 0 radical (unpaired) electrons. The smallest absolute Gasteiger partial charge is 0.126 e. The molecule has 1 N–H and O–H groups in total. The Morgan fingerprint density at radius 3 is 2.37 bits per heavy atom. The van der Waals surface area contributed by atoms with E-state index in [0.717, 1.165) is 29.9 Å². The number of aliphatic hydroxyl groups is 1. The molecule has 2 fully saturated rings. The summed E-state index contributed by atoms with van der Waals surface area (Å²) in [5.41, 5.74) is 1.01. The van der Waals surface area contributed by atoms with E-state index in [9.17, 15) is 5.11 Å². The summed E-state index contributed by atoms with van der Waals surface area (Å²) in [5, 5.41) is 9.76. The number of rotatable bonds is 5. The van der Waals surface area contributed by atoms with Crippen LogP contribution in [0.3, 0.4) is 0 Å². The summed E-state index contributed by atoms with van der Waals surface area (Å²) in [4.78, 5) is 0. The van der Waals surface area contributed by atoms with Crippen LogP contribution in [0.4, 0.5) is 0 Å². The zero-order valence-corrected chi connectivity index (χ0v) is 11.4. The second-order valence-electron chi connectivity index (χ2n) is 5.58. The fourth-order valence-electron chi connectivity index (χ4n) is 3.19. The molecule has 1 saturated carbocycles. The van der Waals surface area contributed by atoms with Crippen molar-refractivity contribution in [1.82, 2.24) is 0 Å². The van der Waals surface area contributed by atoms with Crippen molar-refractivity contribution >= 4 is 0 Å². The first kappa shape index (κ1) is 12.8. The predicted octanol–water partition coefficient (Wildman–Crippen LogP) is 1.74. The lowest BCUT2D eigenvalue weighted by atomic mass is 9.66. The van der Waals surface area contributed by atoms with Gasteiger partial charge in [0.25, 0.3) is 0 Å². The maximum absolute atomic E-state index is 9.76. The van der Waals surface area contributed by atoms with E-state index < -0.39 is 0 Å². The van der Waals surface area contributed by atoms with E-state index in [1.807, 2.05) is 12.1 Å². The maximum atomic E-state index is 9.76. The minimum atomic E-state index is -0.0979. The molecule has 19 heavy (non-hydrogen) atoms. The van der Waals surface area contributed by atoms with Crippen molar-refractivity contribution in [2.75, 3.05) is 34.0 Å². The van der Waals surface area contributed by atoms with Gasteiger partial charge in [0.05, 0.1) is 32.8 Å². The lowest BCUT2D eigenvalue weighted by molar-refractivity contribution is -0.111. The number of methoxy groups -OCH3 is 2. The Labute approximate surface area is 113 Å². The molecular weight excluding hydrogens is 244 g/mol. The molecule has 1 aliphatic heterocycles. The molecule has 1 heterocycles. The summed E-state index contributed by atoms with van der Waals surface area (Å²) in [6, 6.07) is 5.91. The molecule has 1 aliphatic carbocycles. The fraction of sp³-hybridized carbons (Fsp3) is 0.600. The Morgan fingerprint density at radius 2 is 1.95 bits per heavy atom. The van der Waals surface area contributed by atoms with Crippen LogP contribution in [0.25, 0.3) is 0 Å². The fourth-order valence-corrected chi connectivity index (χ4v) is 3.19. The van der Waals surface area contributed by atoms with E-state index in [1.54, 1.807) is 14.2 Å². The minimum absolute atomic E-state index is 0.0207. The number of ether oxygens (including phenoxy) is 3. The van der Waals surface area contributed by atoms with Crippen molar-refractivity contribution in [2.24, 2.45) is 5.41 Å². The summed E-state index contributed by atoms with van der Waals surface area (Å²) in [6.07, 6.45) is 2.12. The van der Waals surface area contributed by atoms with Crippen molar-refractivity contribution in [2.45, 2.75) is 18.3 Å². The van der Waals surface area contributed by atoms with Crippen molar-refractivity contribution in [3.8, 4) is 11.5 Å². The molecule has 2 aliphatic rings. The second kappa shape index (κ2) is 4.39. The number of aliphatic hydroxyl groups excluding tert-OH is 1. The first-order valence-corrected chi connectivity index (χ1v) is 6.62. The molecule has 1 saturated heterocycles. The summed E-state index contributed by atoms with van der Waals surface area (Å²) in [5.74, 6) is 1.60. The highest BCUT2D eigenvalue weighted by Crippen LogP contribution is 2.63. The largest absolute Gasteiger partial charge is 0.497 e. The van der Waals surface area contributed by atoms with Crippen LogP contribution in [0.5, 0.6) is 11.5 Å². The van der Waals surface area contributed by atoms with Gasteiger partial charge in [-0.25, -0.2) is 0 Å². The van der Waals surface area contributed by atoms with Crippen LogP contribution in [-0.2, 0) is 10.2 Å². The van der Waals surface area contributed by atoms with Gasteiger partial charge >= 0.3 is 0 Å². The average Bonchev–Trinajstić information content (AvgIpc) is 3.19. The highest BCUT2D eigenvalue weighted by molar-refractivity contribution is 5.48. The molecule has 1 aromatic carbocycles. The normalized spacial score (nSPS) is 22.5. The van der Waals surface area contributed by atoms with Gasteiger partial charge in [-0.2, -0.15) is 0 Å². The monoisotopic (exact) mass is 264 g/mol. The van der Waals surface area contributed by atoms with E-state index in [2.05, 4.69) is 6.07 Å². The van der Waals surface area contributed by atoms with Gasteiger partial charge in [-0.1, -0.05) is 6.07 Å². The number of benzene rings is 1. The molecule has 4 heteroatoms. The van der Waals surface area contributed by atoms with Crippen LogP contribution < -0.4 is 9.47 Å². The Balaban J connectivity index is 2.05. The van der Waals surface area contributed by atoms with Gasteiger partial charge in [-0.15, -0.1) is 0 Å². The van der Waals surface area contributed by atoms with Gasteiger partial charge < -0.3 is 19.3 Å². The highest BCUT2D eigenvalue weighted by atomic mass is 16.5. The topological polar surface area (TPSA) is 47.9 Å². The third-order valence-corrected chi connectivity index (χ3v) is 4.79. The van der Waals surface area contributed by atoms with Gasteiger partial charge in [0.1, 0.15) is 11.5 Å². The molecule has 0 aromatic heterocycles. The van der Waals surface area contributed by atoms with Crippen LogP contribution in [0.15, 0.2) is 18.2 Å². The highest BCUT2D eigenvalue weighted by Gasteiger charge is 2.64. The maximum Gasteiger partial charge on any atom is 0.126 e. The van der Waals surface area contributed by atoms with Gasteiger partial charge in [0.15, 0.2) is 0 Å². The summed E-state index contributed by atoms with van der Waals surface area (Å²) >= 11 is 0. The van der Waals surface area contributed by atoms with E-state index in [1.165, 1.54) is 0 Å².